The molecule has 18 heavy (non-hydrogen) atoms. The number of likely N-dealkylation sites (N-methyl/N-ethyl adjacent to an activating group) is 1. The van der Waals surface area contributed by atoms with Gasteiger partial charge in [0.05, 0.1) is 5.00 Å². The molecule has 5 nitrogen and oxygen atoms in total. The number of anilines is 3. The zero-order valence-corrected chi connectivity index (χ0v) is 11.4. The number of rotatable bonds is 5. The predicted molar refractivity (Wildman–Crippen MR) is 76.7 cm³/mol. The molecule has 0 saturated heterocycles. The molecule has 0 atom stereocenters. The highest BCUT2D eigenvalue weighted by Gasteiger charge is 2.06. The van der Waals surface area contributed by atoms with E-state index >= 15 is 0 Å². The third-order valence-corrected chi connectivity index (χ3v) is 3.24. The topological polar surface area (TPSA) is 67.1 Å². The van der Waals surface area contributed by atoms with Crippen molar-refractivity contribution in [1.82, 2.24) is 9.97 Å². The largest absolute Gasteiger partial charge is 0.358 e. The lowest BCUT2D eigenvalue weighted by Gasteiger charge is -2.18. The molecule has 3 N–H and O–H groups in total. The van der Waals surface area contributed by atoms with Gasteiger partial charge in [0.2, 0.25) is 0 Å². The normalized spacial score (nSPS) is 10.4. The van der Waals surface area contributed by atoms with E-state index in [4.69, 9.17) is 5.73 Å². The first-order valence-corrected chi connectivity index (χ1v) is 6.64. The van der Waals surface area contributed by atoms with Crippen molar-refractivity contribution < 1.29 is 0 Å². The fourth-order valence-corrected chi connectivity index (χ4v) is 2.22. The van der Waals surface area contributed by atoms with E-state index in [1.165, 1.54) is 0 Å². The van der Waals surface area contributed by atoms with Crippen LogP contribution in [0.2, 0.25) is 0 Å². The van der Waals surface area contributed by atoms with Crippen LogP contribution >= 0.6 is 11.3 Å². The van der Waals surface area contributed by atoms with Gasteiger partial charge in [-0.2, -0.15) is 0 Å². The van der Waals surface area contributed by atoms with Gasteiger partial charge in [-0.25, -0.2) is 9.97 Å². The summed E-state index contributed by atoms with van der Waals surface area (Å²) in [5.41, 5.74) is 5.55. The van der Waals surface area contributed by atoms with E-state index in [0.717, 1.165) is 29.0 Å². The Kier molecular flexibility index (Phi) is 4.11. The second kappa shape index (κ2) is 5.79. The van der Waals surface area contributed by atoms with Crippen molar-refractivity contribution in [2.75, 3.05) is 30.4 Å². The number of hydrogen-bond donors (Lipinski definition) is 2. The summed E-state index contributed by atoms with van der Waals surface area (Å²) < 4.78 is 0. The maximum Gasteiger partial charge on any atom is 0.136 e. The minimum atomic E-state index is 0.604. The van der Waals surface area contributed by atoms with Gasteiger partial charge < -0.3 is 16.0 Å². The fourth-order valence-electron chi connectivity index (χ4n) is 1.60. The van der Waals surface area contributed by atoms with Crippen molar-refractivity contribution >= 4 is 28.0 Å². The third kappa shape index (κ3) is 3.18. The number of hydrogen-bond acceptors (Lipinski definition) is 6. The molecule has 0 aliphatic heterocycles. The van der Waals surface area contributed by atoms with Crippen LogP contribution in [-0.2, 0) is 0 Å². The highest BCUT2D eigenvalue weighted by Crippen LogP contribution is 2.22. The average molecular weight is 263 g/mol. The molecule has 96 valence electrons. The van der Waals surface area contributed by atoms with Crippen LogP contribution in [0.1, 0.15) is 5.82 Å². The Balaban J connectivity index is 2.20. The Morgan fingerprint density at radius 1 is 1.44 bits per heavy atom. The first kappa shape index (κ1) is 12.8. The van der Waals surface area contributed by atoms with Crippen LogP contribution in [0, 0.1) is 6.92 Å². The molecule has 2 aromatic heterocycles. The number of aryl methyl sites for hydroxylation is 1. The molecule has 0 spiro atoms. The molecule has 6 heteroatoms. The molecule has 2 rings (SSSR count). The monoisotopic (exact) mass is 263 g/mol. The van der Waals surface area contributed by atoms with Gasteiger partial charge in [-0.05, 0) is 24.4 Å². The van der Waals surface area contributed by atoms with Crippen molar-refractivity contribution in [2.24, 2.45) is 5.73 Å². The fraction of sp³-hybridized carbons (Fsp3) is 0.333. The Hall–Kier alpha value is -1.66. The van der Waals surface area contributed by atoms with Crippen molar-refractivity contribution in [1.29, 1.82) is 0 Å². The van der Waals surface area contributed by atoms with Gasteiger partial charge in [0.25, 0.3) is 0 Å². The quantitative estimate of drug-likeness (QED) is 0.863. The lowest BCUT2D eigenvalue weighted by Crippen LogP contribution is -2.26. The summed E-state index contributed by atoms with van der Waals surface area (Å²) in [7, 11) is 1.98. The summed E-state index contributed by atoms with van der Waals surface area (Å²) in [5, 5.41) is 6.37. The van der Waals surface area contributed by atoms with Gasteiger partial charge in [-0.1, -0.05) is 0 Å². The van der Waals surface area contributed by atoms with Crippen LogP contribution in [-0.4, -0.2) is 30.1 Å². The molecule has 0 bridgehead atoms. The predicted octanol–water partition coefficient (Wildman–Crippen LogP) is 1.99. The van der Waals surface area contributed by atoms with Crippen LogP contribution in [0.15, 0.2) is 23.6 Å². The minimum Gasteiger partial charge on any atom is -0.358 e. The standard InChI is InChI=1S/C12H17N5S/c1-9-14-10(16-12-4-3-7-18-12)8-11(15-9)17(2)6-5-13/h3-4,7-8H,5-6,13H2,1-2H3,(H,14,15,16). The van der Waals surface area contributed by atoms with E-state index in [-0.39, 0.29) is 0 Å². The van der Waals surface area contributed by atoms with Crippen molar-refractivity contribution in [3.05, 3.63) is 29.4 Å². The Morgan fingerprint density at radius 2 is 2.28 bits per heavy atom. The van der Waals surface area contributed by atoms with Crippen LogP contribution in [0.3, 0.4) is 0 Å². The summed E-state index contributed by atoms with van der Waals surface area (Å²) in [4.78, 5) is 10.8. The number of aromatic nitrogens is 2. The zero-order valence-electron chi connectivity index (χ0n) is 10.6. The van der Waals surface area contributed by atoms with Crippen LogP contribution in [0.25, 0.3) is 0 Å². The first-order valence-electron chi connectivity index (χ1n) is 5.76. The molecular formula is C12H17N5S. The summed E-state index contributed by atoms with van der Waals surface area (Å²) >= 11 is 1.64. The molecule has 0 fully saturated rings. The Labute approximate surface area is 111 Å². The van der Waals surface area contributed by atoms with Gasteiger partial charge in [0, 0.05) is 26.2 Å². The summed E-state index contributed by atoms with van der Waals surface area (Å²) in [6.07, 6.45) is 0. The molecule has 0 unspecified atom stereocenters. The molecule has 0 aromatic carbocycles. The van der Waals surface area contributed by atoms with Crippen LogP contribution in [0.4, 0.5) is 16.6 Å². The van der Waals surface area contributed by atoms with Crippen molar-refractivity contribution in [3.63, 3.8) is 0 Å². The Morgan fingerprint density at radius 3 is 2.94 bits per heavy atom. The van der Waals surface area contributed by atoms with Gasteiger partial charge >= 0.3 is 0 Å². The lowest BCUT2D eigenvalue weighted by molar-refractivity contribution is 0.857. The maximum atomic E-state index is 5.55. The van der Waals surface area contributed by atoms with E-state index in [1.54, 1.807) is 11.3 Å². The SMILES string of the molecule is Cc1nc(Nc2cccs2)cc(N(C)CCN)n1. The molecule has 0 aliphatic carbocycles. The van der Waals surface area contributed by atoms with Gasteiger partial charge in [-0.15, -0.1) is 11.3 Å². The van der Waals surface area contributed by atoms with E-state index in [9.17, 15) is 0 Å². The molecular weight excluding hydrogens is 246 g/mol. The van der Waals surface area contributed by atoms with Gasteiger partial charge in [0.1, 0.15) is 17.5 Å². The van der Waals surface area contributed by atoms with Crippen LogP contribution in [0.5, 0.6) is 0 Å². The Bertz CT molecular complexity index is 497. The number of thiophene rings is 1. The van der Waals surface area contributed by atoms with E-state index < -0.39 is 0 Å². The maximum absolute atomic E-state index is 5.55. The van der Waals surface area contributed by atoms with Gasteiger partial charge in [0.15, 0.2) is 0 Å². The molecule has 2 aromatic rings. The van der Waals surface area contributed by atoms with Gasteiger partial charge in [-0.3, -0.25) is 0 Å². The number of nitrogens with one attached hydrogen (secondary N) is 1. The summed E-state index contributed by atoms with van der Waals surface area (Å²) in [6, 6.07) is 5.95. The highest BCUT2D eigenvalue weighted by atomic mass is 32.1. The molecule has 2 heterocycles. The molecule has 0 radical (unpaired) electrons. The molecule has 0 aliphatic rings. The number of nitrogens with two attached hydrogens (primary N) is 1. The zero-order chi connectivity index (χ0) is 13.0. The highest BCUT2D eigenvalue weighted by molar-refractivity contribution is 7.14. The molecule has 0 amide bonds. The molecule has 0 saturated carbocycles. The van der Waals surface area contributed by atoms with E-state index in [2.05, 4.69) is 15.3 Å². The van der Waals surface area contributed by atoms with Crippen molar-refractivity contribution in [3.8, 4) is 0 Å². The number of nitrogens with zero attached hydrogens (tertiary/aromatic N) is 3. The lowest BCUT2D eigenvalue weighted by atomic mass is 10.4. The van der Waals surface area contributed by atoms with Crippen molar-refractivity contribution in [2.45, 2.75) is 6.92 Å². The second-order valence-electron chi connectivity index (χ2n) is 3.97. The third-order valence-electron chi connectivity index (χ3n) is 2.45. The smallest absolute Gasteiger partial charge is 0.136 e. The van der Waals surface area contributed by atoms with E-state index in [0.29, 0.717) is 6.54 Å². The van der Waals surface area contributed by atoms with Crippen LogP contribution < -0.4 is 16.0 Å². The minimum absolute atomic E-state index is 0.604. The summed E-state index contributed by atoms with van der Waals surface area (Å²) in [6.45, 7) is 3.27. The average Bonchev–Trinajstić information content (AvgIpc) is 2.81. The summed E-state index contributed by atoms with van der Waals surface area (Å²) in [5.74, 6) is 2.44. The van der Waals surface area contributed by atoms with E-state index in [1.807, 2.05) is 42.5 Å². The second-order valence-corrected chi connectivity index (χ2v) is 4.92. The first-order chi connectivity index (χ1) is 8.69.